The number of hydrogen-bond donors (Lipinski definition) is 1. The Hall–Kier alpha value is -1.89. The lowest BCUT2D eigenvalue weighted by Crippen LogP contribution is -2.42. The van der Waals surface area contributed by atoms with E-state index in [0.29, 0.717) is 31.2 Å². The summed E-state index contributed by atoms with van der Waals surface area (Å²) < 4.78 is 6.45. The molecule has 1 aromatic rings. The van der Waals surface area contributed by atoms with E-state index in [2.05, 4.69) is 4.98 Å². The minimum Gasteiger partial charge on any atom is -0.481 e. The Bertz CT molecular complexity index is 555. The number of hydrogen-bond acceptors (Lipinski definition) is 5. The van der Waals surface area contributed by atoms with Crippen LogP contribution < -0.4 is 10.5 Å². The quantitative estimate of drug-likeness (QED) is 0.850. The summed E-state index contributed by atoms with van der Waals surface area (Å²) in [6.45, 7) is 1.35. The highest BCUT2D eigenvalue weighted by Crippen LogP contribution is 2.21. The van der Waals surface area contributed by atoms with Gasteiger partial charge in [-0.3, -0.25) is 14.2 Å². The highest BCUT2D eigenvalue weighted by molar-refractivity contribution is 5.71. The molecule has 7 heteroatoms. The maximum atomic E-state index is 11.9. The number of carboxylic acid groups (broad SMARTS) is 1. The van der Waals surface area contributed by atoms with Crippen LogP contribution in [0.25, 0.3) is 0 Å². The molecule has 0 saturated carbocycles. The van der Waals surface area contributed by atoms with Crippen LogP contribution in [-0.2, 0) is 23.2 Å². The third-order valence-corrected chi connectivity index (χ3v) is 3.51. The van der Waals surface area contributed by atoms with Crippen molar-refractivity contribution in [3.8, 4) is 0 Å². The molecule has 1 atom stereocenters. The second-order valence-electron chi connectivity index (χ2n) is 5.00. The molecule has 1 fully saturated rings. The van der Waals surface area contributed by atoms with Gasteiger partial charge in [0.15, 0.2) is 0 Å². The van der Waals surface area contributed by atoms with Gasteiger partial charge in [-0.25, -0.2) is 4.98 Å². The summed E-state index contributed by atoms with van der Waals surface area (Å²) in [7, 11) is 3.19. The first kappa shape index (κ1) is 14.5. The number of carboxylic acids is 1. The largest absolute Gasteiger partial charge is 0.481 e. The zero-order valence-corrected chi connectivity index (χ0v) is 11.7. The van der Waals surface area contributed by atoms with Crippen LogP contribution in [-0.4, -0.2) is 40.8 Å². The van der Waals surface area contributed by atoms with Crippen LogP contribution in [0.4, 0.5) is 5.95 Å². The maximum absolute atomic E-state index is 11.9. The van der Waals surface area contributed by atoms with E-state index in [1.54, 1.807) is 14.2 Å². The fraction of sp³-hybridized carbons (Fsp3) is 0.615. The van der Waals surface area contributed by atoms with E-state index < -0.39 is 11.9 Å². The van der Waals surface area contributed by atoms with Crippen molar-refractivity contribution in [2.75, 3.05) is 25.1 Å². The summed E-state index contributed by atoms with van der Waals surface area (Å²) in [5.41, 5.74) is 0.391. The van der Waals surface area contributed by atoms with Crippen LogP contribution in [0.1, 0.15) is 18.5 Å². The average Bonchev–Trinajstić information content (AvgIpc) is 2.43. The van der Waals surface area contributed by atoms with Crippen LogP contribution in [0.5, 0.6) is 0 Å². The van der Waals surface area contributed by atoms with Crippen molar-refractivity contribution in [3.05, 3.63) is 22.1 Å². The van der Waals surface area contributed by atoms with Crippen LogP contribution in [0.3, 0.4) is 0 Å². The van der Waals surface area contributed by atoms with E-state index in [1.165, 1.54) is 10.6 Å². The van der Waals surface area contributed by atoms with Crippen LogP contribution in [0, 0.1) is 5.92 Å². The SMILES string of the molecule is COCc1cc(=O)n(C)c(N2CCCC(C(=O)O)C2)n1. The highest BCUT2D eigenvalue weighted by Gasteiger charge is 2.27. The van der Waals surface area contributed by atoms with E-state index in [-0.39, 0.29) is 12.2 Å². The highest BCUT2D eigenvalue weighted by atomic mass is 16.5. The number of methoxy groups -OCH3 is 1. The van der Waals surface area contributed by atoms with Gasteiger partial charge in [0.1, 0.15) is 0 Å². The minimum atomic E-state index is -0.798. The number of carbonyl (C=O) groups is 1. The van der Waals surface area contributed by atoms with Gasteiger partial charge in [-0.2, -0.15) is 0 Å². The minimum absolute atomic E-state index is 0.167. The molecule has 0 radical (unpaired) electrons. The predicted molar refractivity (Wildman–Crippen MR) is 72.8 cm³/mol. The van der Waals surface area contributed by atoms with E-state index in [0.717, 1.165) is 6.42 Å². The molecular weight excluding hydrogens is 262 g/mol. The van der Waals surface area contributed by atoms with Gasteiger partial charge in [0.05, 0.1) is 18.2 Å². The Kier molecular flexibility index (Phi) is 4.39. The van der Waals surface area contributed by atoms with Crippen LogP contribution >= 0.6 is 0 Å². The van der Waals surface area contributed by atoms with Crippen molar-refractivity contribution in [3.63, 3.8) is 0 Å². The van der Waals surface area contributed by atoms with Crippen molar-refractivity contribution in [2.45, 2.75) is 19.4 Å². The first-order valence-electron chi connectivity index (χ1n) is 6.56. The summed E-state index contributed by atoms with van der Waals surface area (Å²) >= 11 is 0. The molecule has 110 valence electrons. The van der Waals surface area contributed by atoms with E-state index >= 15 is 0 Å². The number of anilines is 1. The lowest BCUT2D eigenvalue weighted by Gasteiger charge is -2.32. The van der Waals surface area contributed by atoms with Crippen LogP contribution in [0.2, 0.25) is 0 Å². The monoisotopic (exact) mass is 281 g/mol. The Morgan fingerprint density at radius 1 is 1.60 bits per heavy atom. The number of aliphatic carboxylic acids is 1. The Labute approximate surface area is 116 Å². The van der Waals surface area contributed by atoms with Gasteiger partial charge in [0.2, 0.25) is 5.95 Å². The van der Waals surface area contributed by atoms with Gasteiger partial charge >= 0.3 is 5.97 Å². The van der Waals surface area contributed by atoms with Gasteiger partial charge in [-0.15, -0.1) is 0 Å². The van der Waals surface area contributed by atoms with Crippen LogP contribution in [0.15, 0.2) is 10.9 Å². The zero-order chi connectivity index (χ0) is 14.7. The number of rotatable bonds is 4. The first-order valence-corrected chi connectivity index (χ1v) is 6.56. The average molecular weight is 281 g/mol. The topological polar surface area (TPSA) is 84.7 Å². The maximum Gasteiger partial charge on any atom is 0.308 e. The molecular formula is C13H19N3O4. The molecule has 0 spiro atoms. The lowest BCUT2D eigenvalue weighted by atomic mass is 9.99. The second-order valence-corrected chi connectivity index (χ2v) is 5.00. The summed E-state index contributed by atoms with van der Waals surface area (Å²) in [6, 6.07) is 1.44. The molecule has 0 bridgehead atoms. The molecule has 1 unspecified atom stereocenters. The Balaban J connectivity index is 2.31. The molecule has 1 saturated heterocycles. The van der Waals surface area contributed by atoms with Gasteiger partial charge in [-0.05, 0) is 12.8 Å². The van der Waals surface area contributed by atoms with Crippen molar-refractivity contribution >= 4 is 11.9 Å². The van der Waals surface area contributed by atoms with E-state index in [1.807, 2.05) is 4.90 Å². The molecule has 0 aliphatic carbocycles. The zero-order valence-electron chi connectivity index (χ0n) is 11.7. The van der Waals surface area contributed by atoms with Crippen molar-refractivity contribution < 1.29 is 14.6 Å². The number of ether oxygens (including phenoxy) is 1. The number of nitrogens with zero attached hydrogens (tertiary/aromatic N) is 3. The standard InChI is InChI=1S/C13H19N3O4/c1-15-11(17)6-10(8-20-2)14-13(15)16-5-3-4-9(7-16)12(18)19/h6,9H,3-5,7-8H2,1-2H3,(H,18,19). The predicted octanol–water partition coefficient (Wildman–Crippen LogP) is 0.228. The van der Waals surface area contributed by atoms with E-state index in [4.69, 9.17) is 9.84 Å². The third kappa shape index (κ3) is 2.98. The third-order valence-electron chi connectivity index (χ3n) is 3.51. The molecule has 0 amide bonds. The summed E-state index contributed by atoms with van der Waals surface area (Å²) in [5, 5.41) is 9.13. The van der Waals surface area contributed by atoms with Crippen molar-refractivity contribution in [1.29, 1.82) is 0 Å². The Morgan fingerprint density at radius 3 is 3.00 bits per heavy atom. The van der Waals surface area contributed by atoms with Gasteiger partial charge < -0.3 is 14.7 Å². The lowest BCUT2D eigenvalue weighted by molar-refractivity contribution is -0.141. The molecule has 1 aromatic heterocycles. The van der Waals surface area contributed by atoms with Gasteiger partial charge in [0.25, 0.3) is 5.56 Å². The molecule has 7 nitrogen and oxygen atoms in total. The summed E-state index contributed by atoms with van der Waals surface area (Å²) in [6.07, 6.45) is 1.44. The number of piperidine rings is 1. The second kappa shape index (κ2) is 6.04. The van der Waals surface area contributed by atoms with Crippen molar-refractivity contribution in [2.24, 2.45) is 13.0 Å². The summed E-state index contributed by atoms with van der Waals surface area (Å²) in [5.74, 6) is -0.699. The summed E-state index contributed by atoms with van der Waals surface area (Å²) in [4.78, 5) is 29.3. The van der Waals surface area contributed by atoms with E-state index in [9.17, 15) is 9.59 Å². The molecule has 2 heterocycles. The fourth-order valence-corrected chi connectivity index (χ4v) is 2.44. The molecule has 1 aliphatic rings. The van der Waals surface area contributed by atoms with Crippen molar-refractivity contribution in [1.82, 2.24) is 9.55 Å². The Morgan fingerprint density at radius 2 is 2.35 bits per heavy atom. The smallest absolute Gasteiger partial charge is 0.308 e. The normalized spacial score (nSPS) is 19.1. The number of aromatic nitrogens is 2. The molecule has 1 aliphatic heterocycles. The molecule has 20 heavy (non-hydrogen) atoms. The molecule has 2 rings (SSSR count). The van der Waals surface area contributed by atoms with Gasteiger partial charge in [0, 0.05) is 33.3 Å². The van der Waals surface area contributed by atoms with Gasteiger partial charge in [-0.1, -0.05) is 0 Å². The fourth-order valence-electron chi connectivity index (χ4n) is 2.44. The first-order chi connectivity index (χ1) is 9.52. The molecule has 0 aromatic carbocycles. The molecule has 1 N–H and O–H groups in total.